The van der Waals surface area contributed by atoms with Gasteiger partial charge in [0.25, 0.3) is 6.43 Å². The van der Waals surface area contributed by atoms with Crippen LogP contribution >= 0.6 is 15.9 Å². The molecule has 1 aromatic heterocycles. The van der Waals surface area contributed by atoms with Crippen molar-refractivity contribution in [2.24, 2.45) is 7.05 Å². The lowest BCUT2D eigenvalue weighted by Gasteiger charge is -2.18. The highest BCUT2D eigenvalue weighted by Crippen LogP contribution is 2.27. The fourth-order valence-electron chi connectivity index (χ4n) is 1.37. The Hall–Kier alpha value is -0.490. The van der Waals surface area contributed by atoms with Crippen LogP contribution in [0, 0.1) is 0 Å². The molecular weight excluding hydrogens is 268 g/mol. The molecule has 15 heavy (non-hydrogen) atoms. The quantitative estimate of drug-likeness (QED) is 0.899. The van der Waals surface area contributed by atoms with E-state index in [-0.39, 0.29) is 0 Å². The molecule has 86 valence electrons. The van der Waals surface area contributed by atoms with Crippen molar-refractivity contribution in [3.05, 3.63) is 16.4 Å². The molecule has 0 saturated carbocycles. The van der Waals surface area contributed by atoms with Crippen LogP contribution in [0.15, 0.2) is 10.7 Å². The normalized spacial score (nSPS) is 13.5. The highest BCUT2D eigenvalue weighted by atomic mass is 79.9. The maximum absolute atomic E-state index is 12.8. The van der Waals surface area contributed by atoms with E-state index in [1.807, 2.05) is 6.92 Å². The van der Waals surface area contributed by atoms with E-state index in [4.69, 9.17) is 0 Å². The van der Waals surface area contributed by atoms with Crippen LogP contribution in [-0.2, 0) is 7.05 Å². The molecule has 0 amide bonds. The SMILES string of the molecule is CCCNC(c1c(Br)cnn1C)C(F)F. The van der Waals surface area contributed by atoms with Gasteiger partial charge in [0.15, 0.2) is 0 Å². The first-order valence-corrected chi connectivity index (χ1v) is 5.56. The summed E-state index contributed by atoms with van der Waals surface area (Å²) in [5.74, 6) is 0. The van der Waals surface area contributed by atoms with Gasteiger partial charge in [-0.15, -0.1) is 0 Å². The molecule has 0 aliphatic carbocycles. The Bertz CT molecular complexity index is 295. The highest BCUT2D eigenvalue weighted by molar-refractivity contribution is 9.10. The van der Waals surface area contributed by atoms with E-state index >= 15 is 0 Å². The predicted octanol–water partition coefficient (Wildman–Crippen LogP) is 2.49. The number of rotatable bonds is 5. The largest absolute Gasteiger partial charge is 0.304 e. The third-order valence-electron chi connectivity index (χ3n) is 2.10. The number of aryl methyl sites for hydroxylation is 1. The third kappa shape index (κ3) is 2.98. The van der Waals surface area contributed by atoms with Crippen molar-refractivity contribution in [1.82, 2.24) is 15.1 Å². The monoisotopic (exact) mass is 281 g/mol. The van der Waals surface area contributed by atoms with Crippen molar-refractivity contribution in [1.29, 1.82) is 0 Å². The minimum atomic E-state index is -2.44. The summed E-state index contributed by atoms with van der Waals surface area (Å²) in [5.41, 5.74) is 0.485. The molecule has 0 bridgehead atoms. The summed E-state index contributed by atoms with van der Waals surface area (Å²) in [4.78, 5) is 0. The van der Waals surface area contributed by atoms with Crippen LogP contribution in [0.4, 0.5) is 8.78 Å². The Kier molecular flexibility index (Phi) is 4.66. The van der Waals surface area contributed by atoms with E-state index in [2.05, 4.69) is 26.3 Å². The second-order valence-corrected chi connectivity index (χ2v) is 4.12. The van der Waals surface area contributed by atoms with Gasteiger partial charge in [-0.05, 0) is 28.9 Å². The first-order chi connectivity index (χ1) is 7.07. The number of nitrogens with one attached hydrogen (secondary N) is 1. The molecule has 0 saturated heterocycles. The third-order valence-corrected chi connectivity index (χ3v) is 2.71. The standard InChI is InChI=1S/C9H14BrF2N3/c1-3-4-13-7(9(11)12)8-6(10)5-14-15(8)2/h5,7,9,13H,3-4H2,1-2H3. The molecule has 0 aliphatic heterocycles. The molecule has 0 aromatic carbocycles. The summed E-state index contributed by atoms with van der Waals surface area (Å²) >= 11 is 3.22. The molecule has 0 radical (unpaired) electrons. The van der Waals surface area contributed by atoms with Crippen LogP contribution in [0.3, 0.4) is 0 Å². The summed E-state index contributed by atoms with van der Waals surface area (Å²) in [6.07, 6.45) is -0.0972. The van der Waals surface area contributed by atoms with Gasteiger partial charge in [-0.2, -0.15) is 5.10 Å². The lowest BCUT2D eigenvalue weighted by molar-refractivity contribution is 0.0944. The maximum atomic E-state index is 12.8. The van der Waals surface area contributed by atoms with Crippen LogP contribution in [0.1, 0.15) is 25.1 Å². The van der Waals surface area contributed by atoms with Gasteiger partial charge in [0.05, 0.1) is 16.4 Å². The number of aromatic nitrogens is 2. The van der Waals surface area contributed by atoms with Crippen LogP contribution in [0.5, 0.6) is 0 Å². The molecule has 0 fully saturated rings. The zero-order chi connectivity index (χ0) is 11.4. The zero-order valence-electron chi connectivity index (χ0n) is 8.67. The van der Waals surface area contributed by atoms with E-state index in [0.717, 1.165) is 6.42 Å². The van der Waals surface area contributed by atoms with E-state index in [1.165, 1.54) is 10.9 Å². The minimum absolute atomic E-state index is 0.485. The van der Waals surface area contributed by atoms with Gasteiger partial charge in [0, 0.05) is 7.05 Å². The Labute approximate surface area is 96.0 Å². The minimum Gasteiger partial charge on any atom is -0.304 e. The molecule has 0 spiro atoms. The van der Waals surface area contributed by atoms with Crippen LogP contribution < -0.4 is 5.32 Å². The first kappa shape index (κ1) is 12.6. The average Bonchev–Trinajstić information content (AvgIpc) is 2.49. The zero-order valence-corrected chi connectivity index (χ0v) is 10.3. The summed E-state index contributed by atoms with van der Waals surface area (Å²) in [7, 11) is 1.66. The second kappa shape index (κ2) is 5.55. The Balaban J connectivity index is 2.88. The second-order valence-electron chi connectivity index (χ2n) is 3.27. The first-order valence-electron chi connectivity index (χ1n) is 4.76. The van der Waals surface area contributed by atoms with Gasteiger partial charge in [0.1, 0.15) is 6.04 Å². The van der Waals surface area contributed by atoms with Crippen LogP contribution in [0.25, 0.3) is 0 Å². The summed E-state index contributed by atoms with van der Waals surface area (Å²) < 4.78 is 27.7. The Morgan fingerprint density at radius 2 is 2.27 bits per heavy atom. The molecule has 6 heteroatoms. The van der Waals surface area contributed by atoms with Gasteiger partial charge in [-0.25, -0.2) is 8.78 Å². The smallest absolute Gasteiger partial charge is 0.259 e. The van der Waals surface area contributed by atoms with Gasteiger partial charge in [-0.3, -0.25) is 4.68 Å². The highest BCUT2D eigenvalue weighted by Gasteiger charge is 2.26. The molecule has 1 rings (SSSR count). The van der Waals surface area contributed by atoms with Crippen molar-refractivity contribution in [3.63, 3.8) is 0 Å². The van der Waals surface area contributed by atoms with Crippen molar-refractivity contribution < 1.29 is 8.78 Å². The van der Waals surface area contributed by atoms with Crippen molar-refractivity contribution in [2.75, 3.05) is 6.54 Å². The molecule has 3 nitrogen and oxygen atoms in total. The lowest BCUT2D eigenvalue weighted by Crippen LogP contribution is -2.30. The number of halogens is 3. The average molecular weight is 282 g/mol. The van der Waals surface area contributed by atoms with Crippen molar-refractivity contribution >= 4 is 15.9 Å². The van der Waals surface area contributed by atoms with E-state index in [1.54, 1.807) is 7.05 Å². The molecule has 0 aliphatic rings. The van der Waals surface area contributed by atoms with Gasteiger partial charge in [-0.1, -0.05) is 6.92 Å². The molecular formula is C9H14BrF2N3. The van der Waals surface area contributed by atoms with E-state index < -0.39 is 12.5 Å². The van der Waals surface area contributed by atoms with E-state index in [0.29, 0.717) is 16.7 Å². The fraction of sp³-hybridized carbons (Fsp3) is 0.667. The fourth-order valence-corrected chi connectivity index (χ4v) is 1.97. The maximum Gasteiger partial charge on any atom is 0.259 e. The number of nitrogens with zero attached hydrogens (tertiary/aromatic N) is 2. The van der Waals surface area contributed by atoms with Crippen LogP contribution in [0.2, 0.25) is 0 Å². The topological polar surface area (TPSA) is 29.9 Å². The number of alkyl halides is 2. The number of hydrogen-bond acceptors (Lipinski definition) is 2. The molecule has 1 heterocycles. The molecule has 1 N–H and O–H groups in total. The Morgan fingerprint density at radius 1 is 1.60 bits per heavy atom. The molecule has 1 atom stereocenters. The molecule has 1 aromatic rings. The van der Waals surface area contributed by atoms with Crippen molar-refractivity contribution in [3.8, 4) is 0 Å². The van der Waals surface area contributed by atoms with E-state index in [9.17, 15) is 8.78 Å². The van der Waals surface area contributed by atoms with Crippen molar-refractivity contribution in [2.45, 2.75) is 25.8 Å². The summed E-state index contributed by atoms with van der Waals surface area (Å²) in [6.45, 7) is 2.50. The summed E-state index contributed by atoms with van der Waals surface area (Å²) in [5, 5.41) is 6.74. The lowest BCUT2D eigenvalue weighted by atomic mass is 10.2. The number of hydrogen-bond donors (Lipinski definition) is 1. The van der Waals surface area contributed by atoms with Gasteiger partial charge >= 0.3 is 0 Å². The molecule has 1 unspecified atom stereocenters. The predicted molar refractivity (Wildman–Crippen MR) is 57.9 cm³/mol. The van der Waals surface area contributed by atoms with Crippen LogP contribution in [-0.4, -0.2) is 22.8 Å². The summed E-state index contributed by atoms with van der Waals surface area (Å²) in [6, 6.07) is -0.966. The Morgan fingerprint density at radius 3 is 2.67 bits per heavy atom. The van der Waals surface area contributed by atoms with Gasteiger partial charge in [0.2, 0.25) is 0 Å². The van der Waals surface area contributed by atoms with Gasteiger partial charge < -0.3 is 5.32 Å².